The second-order valence-corrected chi connectivity index (χ2v) is 4.57. The Labute approximate surface area is 117 Å². The fourth-order valence-electron chi connectivity index (χ4n) is 2.10. The quantitative estimate of drug-likeness (QED) is 0.876. The van der Waals surface area contributed by atoms with Crippen LogP contribution in [0, 0.1) is 12.7 Å². The van der Waals surface area contributed by atoms with Crippen molar-refractivity contribution in [2.24, 2.45) is 0 Å². The number of aryl methyl sites for hydroxylation is 1. The first kappa shape index (κ1) is 14.1. The van der Waals surface area contributed by atoms with Crippen molar-refractivity contribution in [3.63, 3.8) is 0 Å². The van der Waals surface area contributed by atoms with Crippen LogP contribution in [0.5, 0.6) is 0 Å². The van der Waals surface area contributed by atoms with Gasteiger partial charge in [-0.3, -0.25) is 0 Å². The number of benzene rings is 2. The van der Waals surface area contributed by atoms with E-state index in [2.05, 4.69) is 5.32 Å². The van der Waals surface area contributed by atoms with Crippen LogP contribution in [0.4, 0.5) is 10.1 Å². The van der Waals surface area contributed by atoms with Crippen LogP contribution in [-0.4, -0.2) is 17.6 Å². The predicted molar refractivity (Wildman–Crippen MR) is 76.7 cm³/mol. The number of aromatic carboxylic acids is 1. The molecule has 20 heavy (non-hydrogen) atoms. The summed E-state index contributed by atoms with van der Waals surface area (Å²) in [6, 6.07) is 11.7. The van der Waals surface area contributed by atoms with E-state index in [1.807, 2.05) is 13.0 Å². The molecule has 0 fully saturated rings. The predicted octanol–water partition coefficient (Wildman–Crippen LogP) is 3.49. The highest BCUT2D eigenvalue weighted by atomic mass is 19.1. The van der Waals surface area contributed by atoms with Crippen molar-refractivity contribution in [3.8, 4) is 0 Å². The molecule has 3 nitrogen and oxygen atoms in total. The molecule has 0 aliphatic carbocycles. The molecule has 2 rings (SSSR count). The average Bonchev–Trinajstić information content (AvgIpc) is 2.42. The number of para-hydroxylation sites is 1. The van der Waals surface area contributed by atoms with Crippen molar-refractivity contribution in [1.29, 1.82) is 0 Å². The molecule has 0 aliphatic rings. The zero-order chi connectivity index (χ0) is 14.5. The number of hydrogen-bond donors (Lipinski definition) is 2. The summed E-state index contributed by atoms with van der Waals surface area (Å²) in [5.74, 6) is -1.21. The Morgan fingerprint density at radius 1 is 1.20 bits per heavy atom. The Morgan fingerprint density at radius 2 is 1.95 bits per heavy atom. The highest BCUT2D eigenvalue weighted by molar-refractivity contribution is 5.95. The van der Waals surface area contributed by atoms with Crippen LogP contribution in [0.15, 0.2) is 42.5 Å². The maximum Gasteiger partial charge on any atom is 0.337 e. The minimum Gasteiger partial charge on any atom is -0.478 e. The van der Waals surface area contributed by atoms with Gasteiger partial charge in [0.1, 0.15) is 5.82 Å². The number of anilines is 1. The van der Waals surface area contributed by atoms with Gasteiger partial charge in [-0.2, -0.15) is 0 Å². The SMILES string of the molecule is Cc1cccc(C(=O)O)c1NCCc1ccccc1F. The van der Waals surface area contributed by atoms with E-state index in [0.717, 1.165) is 5.56 Å². The van der Waals surface area contributed by atoms with Crippen molar-refractivity contribution >= 4 is 11.7 Å². The molecule has 0 aliphatic heterocycles. The molecule has 0 saturated carbocycles. The first-order valence-corrected chi connectivity index (χ1v) is 6.40. The van der Waals surface area contributed by atoms with E-state index in [4.69, 9.17) is 5.11 Å². The Hall–Kier alpha value is -2.36. The molecule has 104 valence electrons. The van der Waals surface area contributed by atoms with Crippen molar-refractivity contribution < 1.29 is 14.3 Å². The summed E-state index contributed by atoms with van der Waals surface area (Å²) in [6.07, 6.45) is 0.500. The molecule has 0 bridgehead atoms. The third-order valence-electron chi connectivity index (χ3n) is 3.16. The van der Waals surface area contributed by atoms with Crippen LogP contribution >= 0.6 is 0 Å². The van der Waals surface area contributed by atoms with Gasteiger partial charge in [0, 0.05) is 6.54 Å². The summed E-state index contributed by atoms with van der Waals surface area (Å²) in [7, 11) is 0. The largest absolute Gasteiger partial charge is 0.478 e. The standard InChI is InChI=1S/C16H16FNO2/c1-11-5-4-7-13(16(19)20)15(11)18-10-9-12-6-2-3-8-14(12)17/h2-8,18H,9-10H2,1H3,(H,19,20). The Bertz CT molecular complexity index is 626. The van der Waals surface area contributed by atoms with E-state index in [0.29, 0.717) is 24.2 Å². The lowest BCUT2D eigenvalue weighted by Gasteiger charge is -2.12. The second kappa shape index (κ2) is 6.19. The van der Waals surface area contributed by atoms with Crippen molar-refractivity contribution in [2.75, 3.05) is 11.9 Å². The summed E-state index contributed by atoms with van der Waals surface area (Å²) >= 11 is 0. The number of hydrogen-bond acceptors (Lipinski definition) is 2. The van der Waals surface area contributed by atoms with Crippen LogP contribution in [0.25, 0.3) is 0 Å². The van der Waals surface area contributed by atoms with Gasteiger partial charge in [0.05, 0.1) is 11.3 Å². The van der Waals surface area contributed by atoms with Gasteiger partial charge in [0.15, 0.2) is 0 Å². The number of carbonyl (C=O) groups is 1. The second-order valence-electron chi connectivity index (χ2n) is 4.57. The lowest BCUT2D eigenvalue weighted by molar-refractivity contribution is 0.0698. The number of carboxylic acid groups (broad SMARTS) is 1. The van der Waals surface area contributed by atoms with E-state index in [1.54, 1.807) is 30.3 Å². The van der Waals surface area contributed by atoms with E-state index >= 15 is 0 Å². The minimum atomic E-state index is -0.970. The monoisotopic (exact) mass is 273 g/mol. The van der Waals surface area contributed by atoms with Gasteiger partial charge >= 0.3 is 5.97 Å². The highest BCUT2D eigenvalue weighted by Gasteiger charge is 2.11. The lowest BCUT2D eigenvalue weighted by Crippen LogP contribution is -2.11. The molecule has 2 N–H and O–H groups in total. The summed E-state index contributed by atoms with van der Waals surface area (Å²) < 4.78 is 13.5. The maximum absolute atomic E-state index is 13.5. The smallest absolute Gasteiger partial charge is 0.337 e. The van der Waals surface area contributed by atoms with Crippen LogP contribution < -0.4 is 5.32 Å². The molecule has 4 heteroatoms. The molecule has 0 radical (unpaired) electrons. The van der Waals surface area contributed by atoms with Gasteiger partial charge in [-0.15, -0.1) is 0 Å². The molecule has 2 aromatic carbocycles. The first-order chi connectivity index (χ1) is 9.59. The summed E-state index contributed by atoms with van der Waals surface area (Å²) in [4.78, 5) is 11.2. The van der Waals surface area contributed by atoms with E-state index in [-0.39, 0.29) is 11.4 Å². The Morgan fingerprint density at radius 3 is 2.65 bits per heavy atom. The summed E-state index contributed by atoms with van der Waals surface area (Å²) in [5, 5.41) is 12.2. The van der Waals surface area contributed by atoms with Gasteiger partial charge < -0.3 is 10.4 Å². The Kier molecular flexibility index (Phi) is 4.35. The minimum absolute atomic E-state index is 0.235. The van der Waals surface area contributed by atoms with Crippen molar-refractivity contribution in [3.05, 3.63) is 65.0 Å². The van der Waals surface area contributed by atoms with Gasteiger partial charge in [-0.05, 0) is 36.6 Å². The van der Waals surface area contributed by atoms with Gasteiger partial charge in [0.25, 0.3) is 0 Å². The Balaban J connectivity index is 2.08. The fraction of sp³-hybridized carbons (Fsp3) is 0.188. The van der Waals surface area contributed by atoms with E-state index in [9.17, 15) is 9.18 Å². The highest BCUT2D eigenvalue weighted by Crippen LogP contribution is 2.20. The van der Waals surface area contributed by atoms with Crippen molar-refractivity contribution in [2.45, 2.75) is 13.3 Å². The van der Waals surface area contributed by atoms with Crippen LogP contribution in [0.2, 0.25) is 0 Å². The molecule has 0 amide bonds. The van der Waals surface area contributed by atoms with Gasteiger partial charge in [0.2, 0.25) is 0 Å². The van der Waals surface area contributed by atoms with Gasteiger partial charge in [-0.1, -0.05) is 30.3 Å². The zero-order valence-corrected chi connectivity index (χ0v) is 11.2. The maximum atomic E-state index is 13.5. The number of nitrogens with one attached hydrogen (secondary N) is 1. The zero-order valence-electron chi connectivity index (χ0n) is 11.2. The van der Waals surface area contributed by atoms with Crippen LogP contribution in [0.1, 0.15) is 21.5 Å². The summed E-state index contributed by atoms with van der Waals surface area (Å²) in [5.41, 5.74) is 2.30. The molecular formula is C16H16FNO2. The van der Waals surface area contributed by atoms with Crippen molar-refractivity contribution in [1.82, 2.24) is 0 Å². The molecular weight excluding hydrogens is 257 g/mol. The first-order valence-electron chi connectivity index (χ1n) is 6.40. The van der Waals surface area contributed by atoms with E-state index in [1.165, 1.54) is 6.07 Å². The fourth-order valence-corrected chi connectivity index (χ4v) is 2.10. The van der Waals surface area contributed by atoms with E-state index < -0.39 is 5.97 Å². The number of rotatable bonds is 5. The molecule has 0 aromatic heterocycles. The molecule has 2 aromatic rings. The van der Waals surface area contributed by atoms with Gasteiger partial charge in [-0.25, -0.2) is 9.18 Å². The summed E-state index contributed by atoms with van der Waals surface area (Å²) in [6.45, 7) is 2.32. The topological polar surface area (TPSA) is 49.3 Å². The number of halogens is 1. The molecule has 0 spiro atoms. The molecule has 0 saturated heterocycles. The van der Waals surface area contributed by atoms with Crippen LogP contribution in [0.3, 0.4) is 0 Å². The molecule has 0 heterocycles. The number of carboxylic acids is 1. The van der Waals surface area contributed by atoms with Crippen LogP contribution in [-0.2, 0) is 6.42 Å². The molecule has 0 atom stereocenters. The third kappa shape index (κ3) is 3.15. The normalized spacial score (nSPS) is 10.3. The third-order valence-corrected chi connectivity index (χ3v) is 3.16. The lowest BCUT2D eigenvalue weighted by atomic mass is 10.1. The molecule has 0 unspecified atom stereocenters. The average molecular weight is 273 g/mol.